The van der Waals surface area contributed by atoms with Crippen molar-refractivity contribution in [3.05, 3.63) is 20.8 Å². The van der Waals surface area contributed by atoms with Crippen molar-refractivity contribution in [3.63, 3.8) is 0 Å². The van der Waals surface area contributed by atoms with Gasteiger partial charge in [0, 0.05) is 6.61 Å². The summed E-state index contributed by atoms with van der Waals surface area (Å²) in [5.74, 6) is 0. The van der Waals surface area contributed by atoms with E-state index in [0.717, 1.165) is 0 Å². The van der Waals surface area contributed by atoms with Gasteiger partial charge in [-0.05, 0) is 6.92 Å². The van der Waals surface area contributed by atoms with Gasteiger partial charge in [-0.1, -0.05) is 0 Å². The third kappa shape index (κ3) is 726. The maximum atomic E-state index is 7.57. The van der Waals surface area contributed by atoms with E-state index >= 15 is 0 Å². The van der Waals surface area contributed by atoms with Gasteiger partial charge in [-0.3, -0.25) is 0 Å². The van der Waals surface area contributed by atoms with Crippen LogP contribution in [0.1, 0.15) is 27.7 Å². The Kier molecular flexibility index (Phi) is 915. The summed E-state index contributed by atoms with van der Waals surface area (Å²) in [6.45, 7) is 16.9. The quantitative estimate of drug-likeness (QED) is 0.398. The van der Waals surface area contributed by atoms with Gasteiger partial charge in [-0.25, -0.2) is 0 Å². The second kappa shape index (κ2) is 252. The van der Waals surface area contributed by atoms with Gasteiger partial charge < -0.3 is 25.9 Å². The van der Waals surface area contributed by atoms with Crippen molar-refractivity contribution in [1.29, 1.82) is 0 Å². The first-order chi connectivity index (χ1) is 4.41. The van der Waals surface area contributed by atoms with Gasteiger partial charge in [0.2, 0.25) is 0 Å². The SMILES string of the molecule is CCO.P.[Au+3].[CH2-]C.[CH2-]C.[CH2-]C. The molecule has 11 heavy (non-hydrogen) atoms. The average molecular weight is 364 g/mol. The second-order valence-corrected chi connectivity index (χ2v) is 0.316. The van der Waals surface area contributed by atoms with E-state index in [4.69, 9.17) is 5.11 Å². The molecule has 3 heteroatoms. The molecule has 0 rings (SSSR count). The fourth-order valence-electron chi connectivity index (χ4n) is 0. The number of rotatable bonds is 0. The summed E-state index contributed by atoms with van der Waals surface area (Å²) in [5.41, 5.74) is 0. The number of aliphatic hydroxyl groups is 1. The normalized spacial score (nSPS) is 3.27. The summed E-state index contributed by atoms with van der Waals surface area (Å²) in [7, 11) is 0. The Morgan fingerprint density at radius 1 is 0.909 bits per heavy atom. The summed E-state index contributed by atoms with van der Waals surface area (Å²) < 4.78 is 0. The predicted octanol–water partition coefficient (Wildman–Crippen LogP) is 2.58. The molecule has 0 aromatic carbocycles. The van der Waals surface area contributed by atoms with E-state index in [2.05, 4.69) is 20.8 Å². The first-order valence-corrected chi connectivity index (χ1v) is 3.14. The van der Waals surface area contributed by atoms with Crippen molar-refractivity contribution in [3.8, 4) is 0 Å². The molecule has 0 saturated heterocycles. The molecular formula is C8H24AuOP. The zero-order chi connectivity index (χ0) is 8.71. The molecule has 0 aromatic heterocycles. The molecule has 0 aromatic rings. The van der Waals surface area contributed by atoms with Crippen molar-refractivity contribution in [2.45, 2.75) is 27.7 Å². The maximum absolute atomic E-state index is 7.57. The van der Waals surface area contributed by atoms with Crippen LogP contribution in [0.3, 0.4) is 0 Å². The molecule has 1 atom stereocenters. The zero-order valence-corrected chi connectivity index (χ0v) is 11.9. The third-order valence-corrected chi connectivity index (χ3v) is 0. The van der Waals surface area contributed by atoms with Gasteiger partial charge in [0.05, 0.1) is 0 Å². The average Bonchev–Trinajstić information content (AvgIpc) is 2.01. The Morgan fingerprint density at radius 3 is 0.909 bits per heavy atom. The number of aliphatic hydroxyl groups excluding tert-OH is 1. The smallest absolute Gasteiger partial charge is 0.397 e. The Morgan fingerprint density at radius 2 is 0.909 bits per heavy atom. The van der Waals surface area contributed by atoms with Crippen LogP contribution in [0, 0.1) is 20.8 Å². The molecule has 0 fully saturated rings. The summed E-state index contributed by atoms with van der Waals surface area (Å²) in [4.78, 5) is 0. The van der Waals surface area contributed by atoms with Crippen LogP contribution < -0.4 is 0 Å². The first-order valence-electron chi connectivity index (χ1n) is 3.14. The maximum Gasteiger partial charge on any atom is 3.00 e. The molecular weight excluding hydrogens is 340 g/mol. The Bertz CT molecular complexity index is 14.1. The van der Waals surface area contributed by atoms with Crippen LogP contribution in [0.5, 0.6) is 0 Å². The molecule has 1 nitrogen and oxygen atoms in total. The van der Waals surface area contributed by atoms with Crippen molar-refractivity contribution < 1.29 is 27.5 Å². The molecule has 78 valence electrons. The summed E-state index contributed by atoms with van der Waals surface area (Å²) >= 11 is 0. The summed E-state index contributed by atoms with van der Waals surface area (Å²) in [5, 5.41) is 7.57. The van der Waals surface area contributed by atoms with Gasteiger partial charge >= 0.3 is 22.4 Å². The molecule has 0 amide bonds. The topological polar surface area (TPSA) is 20.2 Å². The fraction of sp³-hybridized carbons (Fsp3) is 0.625. The standard InChI is InChI=1S/C2H6O.3C2H5.Au.H3P/c1-2-3;3*1-2;;/h3H,2H2,1H3;3*1H2,2H3;;1H3/q;3*-1;+3;. The Labute approximate surface area is 92.5 Å². The third-order valence-electron chi connectivity index (χ3n) is 0. The van der Waals surface area contributed by atoms with Crippen LogP contribution in [0.2, 0.25) is 0 Å². The molecule has 0 saturated carbocycles. The Balaban J connectivity index is -0.00000000729. The molecule has 0 bridgehead atoms. The van der Waals surface area contributed by atoms with E-state index in [0.29, 0.717) is 0 Å². The molecule has 0 aliphatic rings. The van der Waals surface area contributed by atoms with E-state index in [1.165, 1.54) is 0 Å². The minimum Gasteiger partial charge on any atom is -0.397 e. The predicted molar refractivity (Wildman–Crippen MR) is 57.0 cm³/mol. The monoisotopic (exact) mass is 364 g/mol. The summed E-state index contributed by atoms with van der Waals surface area (Å²) in [6, 6.07) is 0. The van der Waals surface area contributed by atoms with Crippen molar-refractivity contribution in [2.75, 3.05) is 6.61 Å². The largest absolute Gasteiger partial charge is 3.00 e. The van der Waals surface area contributed by atoms with E-state index in [9.17, 15) is 0 Å². The van der Waals surface area contributed by atoms with Crippen molar-refractivity contribution in [1.82, 2.24) is 0 Å². The van der Waals surface area contributed by atoms with Crippen LogP contribution in [0.15, 0.2) is 0 Å². The van der Waals surface area contributed by atoms with Crippen molar-refractivity contribution >= 4 is 9.90 Å². The van der Waals surface area contributed by atoms with E-state index in [1.54, 1.807) is 27.7 Å². The van der Waals surface area contributed by atoms with Crippen LogP contribution in [0.4, 0.5) is 0 Å². The van der Waals surface area contributed by atoms with Gasteiger partial charge in [0.1, 0.15) is 0 Å². The van der Waals surface area contributed by atoms with E-state index in [1.807, 2.05) is 0 Å². The minimum atomic E-state index is 0. The second-order valence-electron chi connectivity index (χ2n) is 0.316. The van der Waals surface area contributed by atoms with Gasteiger partial charge in [0.15, 0.2) is 0 Å². The van der Waals surface area contributed by atoms with Gasteiger partial charge in [0.25, 0.3) is 0 Å². The van der Waals surface area contributed by atoms with Crippen LogP contribution in [0.25, 0.3) is 0 Å². The van der Waals surface area contributed by atoms with E-state index in [-0.39, 0.29) is 38.9 Å². The fourth-order valence-corrected chi connectivity index (χ4v) is 0. The number of hydrogen-bond acceptors (Lipinski definition) is 1. The number of hydrogen-bond donors (Lipinski definition) is 1. The van der Waals surface area contributed by atoms with Gasteiger partial charge in [-0.2, -0.15) is 30.7 Å². The molecule has 1 N–H and O–H groups in total. The molecule has 0 aliphatic carbocycles. The molecule has 0 spiro atoms. The van der Waals surface area contributed by atoms with E-state index < -0.39 is 0 Å². The van der Waals surface area contributed by atoms with Gasteiger partial charge in [-0.15, -0.1) is 0 Å². The molecule has 0 heterocycles. The molecule has 0 radical (unpaired) electrons. The van der Waals surface area contributed by atoms with Crippen LogP contribution in [-0.4, -0.2) is 11.7 Å². The summed E-state index contributed by atoms with van der Waals surface area (Å²) in [6.07, 6.45) is 0. The van der Waals surface area contributed by atoms with Crippen molar-refractivity contribution in [2.24, 2.45) is 0 Å². The molecule has 1 unspecified atom stereocenters. The minimum absolute atomic E-state index is 0. The molecule has 0 aliphatic heterocycles. The zero-order valence-electron chi connectivity index (χ0n) is 8.28. The Hall–Kier alpha value is 1.13. The van der Waals surface area contributed by atoms with Crippen LogP contribution >= 0.6 is 9.90 Å². The van der Waals surface area contributed by atoms with Crippen LogP contribution in [-0.2, 0) is 22.4 Å². The first kappa shape index (κ1) is 40.0.